The second kappa shape index (κ2) is 7.94. The predicted octanol–water partition coefficient (Wildman–Crippen LogP) is 3.12. The molecule has 1 aromatic carbocycles. The predicted molar refractivity (Wildman–Crippen MR) is 81.6 cm³/mol. The molecule has 0 bridgehead atoms. The van der Waals surface area contributed by atoms with Gasteiger partial charge in [-0.2, -0.15) is 0 Å². The molecule has 19 heavy (non-hydrogen) atoms. The zero-order valence-corrected chi connectivity index (χ0v) is 13.1. The zero-order chi connectivity index (χ0) is 14.3. The minimum atomic E-state index is -3.38. The van der Waals surface area contributed by atoms with Crippen LogP contribution in [0, 0.1) is 0 Å². The summed E-state index contributed by atoms with van der Waals surface area (Å²) in [6.07, 6.45) is 1.42. The van der Waals surface area contributed by atoms with Crippen LogP contribution in [0.25, 0.3) is 0 Å². The van der Waals surface area contributed by atoms with Crippen LogP contribution < -0.4 is 10.0 Å². The van der Waals surface area contributed by atoms with Crippen LogP contribution in [0.2, 0.25) is 10.0 Å². The van der Waals surface area contributed by atoms with Crippen molar-refractivity contribution in [2.75, 3.05) is 23.6 Å². The Morgan fingerprint density at radius 2 is 1.95 bits per heavy atom. The van der Waals surface area contributed by atoms with E-state index >= 15 is 0 Å². The zero-order valence-electron chi connectivity index (χ0n) is 10.7. The second-order valence-electron chi connectivity index (χ2n) is 4.08. The lowest BCUT2D eigenvalue weighted by molar-refractivity contribution is 0.593. The Kier molecular flexibility index (Phi) is 6.93. The van der Waals surface area contributed by atoms with Crippen molar-refractivity contribution in [1.29, 1.82) is 0 Å². The average molecular weight is 325 g/mol. The molecule has 0 aromatic heterocycles. The minimum Gasteiger partial charge on any atom is -0.317 e. The maximum Gasteiger partial charge on any atom is 0.232 e. The van der Waals surface area contributed by atoms with Gasteiger partial charge < -0.3 is 5.32 Å². The molecule has 108 valence electrons. The number of halogens is 2. The Morgan fingerprint density at radius 3 is 2.63 bits per heavy atom. The van der Waals surface area contributed by atoms with Crippen LogP contribution >= 0.6 is 23.2 Å². The van der Waals surface area contributed by atoms with Gasteiger partial charge in [-0.05, 0) is 38.1 Å². The molecule has 0 aliphatic heterocycles. The second-order valence-corrected chi connectivity index (χ2v) is 6.71. The molecule has 1 aromatic rings. The molecule has 0 saturated heterocycles. The minimum absolute atomic E-state index is 0.0707. The van der Waals surface area contributed by atoms with E-state index in [0.717, 1.165) is 19.5 Å². The third-order valence-electron chi connectivity index (χ3n) is 2.48. The van der Waals surface area contributed by atoms with Gasteiger partial charge in [0.1, 0.15) is 0 Å². The first-order chi connectivity index (χ1) is 8.96. The van der Waals surface area contributed by atoms with Crippen molar-refractivity contribution in [2.24, 2.45) is 0 Å². The van der Waals surface area contributed by atoms with Crippen molar-refractivity contribution in [3.8, 4) is 0 Å². The van der Waals surface area contributed by atoms with Crippen molar-refractivity contribution in [3.63, 3.8) is 0 Å². The van der Waals surface area contributed by atoms with Gasteiger partial charge in [-0.1, -0.05) is 36.2 Å². The van der Waals surface area contributed by atoms with Crippen LogP contribution in [-0.2, 0) is 10.0 Å². The molecule has 0 amide bonds. The van der Waals surface area contributed by atoms with Gasteiger partial charge in [0, 0.05) is 0 Å². The summed E-state index contributed by atoms with van der Waals surface area (Å²) in [5.41, 5.74) is 0.320. The molecule has 0 aliphatic rings. The topological polar surface area (TPSA) is 58.2 Å². The van der Waals surface area contributed by atoms with Crippen LogP contribution in [0.5, 0.6) is 0 Å². The summed E-state index contributed by atoms with van der Waals surface area (Å²) in [5, 5.41) is 3.70. The van der Waals surface area contributed by atoms with E-state index in [-0.39, 0.29) is 10.8 Å². The molecule has 7 heteroatoms. The smallest absolute Gasteiger partial charge is 0.232 e. The first kappa shape index (κ1) is 16.6. The van der Waals surface area contributed by atoms with Crippen molar-refractivity contribution in [3.05, 3.63) is 28.2 Å². The van der Waals surface area contributed by atoms with Gasteiger partial charge in [0.05, 0.1) is 21.5 Å². The fraction of sp³-hybridized carbons (Fsp3) is 0.500. The number of unbranched alkanes of at least 4 members (excludes halogenated alkanes) is 1. The quantitative estimate of drug-likeness (QED) is 0.722. The van der Waals surface area contributed by atoms with Gasteiger partial charge in [0.25, 0.3) is 0 Å². The molecule has 0 atom stereocenters. The summed E-state index contributed by atoms with van der Waals surface area (Å²) in [6, 6.07) is 4.85. The Bertz CT molecular complexity index is 506. The Hall–Kier alpha value is -0.490. The highest BCUT2D eigenvalue weighted by Crippen LogP contribution is 2.30. The number of hydrogen-bond acceptors (Lipinski definition) is 3. The lowest BCUT2D eigenvalue weighted by atomic mass is 10.3. The highest BCUT2D eigenvalue weighted by Gasteiger charge is 2.13. The van der Waals surface area contributed by atoms with Gasteiger partial charge >= 0.3 is 0 Å². The van der Waals surface area contributed by atoms with Gasteiger partial charge in [0.15, 0.2) is 0 Å². The molecule has 0 unspecified atom stereocenters. The van der Waals surface area contributed by atoms with Crippen LogP contribution in [0.3, 0.4) is 0 Å². The highest BCUT2D eigenvalue weighted by molar-refractivity contribution is 7.92. The van der Waals surface area contributed by atoms with Gasteiger partial charge in [-0.25, -0.2) is 8.42 Å². The van der Waals surface area contributed by atoms with E-state index in [4.69, 9.17) is 23.2 Å². The maximum absolute atomic E-state index is 11.9. The monoisotopic (exact) mass is 324 g/mol. The number of hydrogen-bond donors (Lipinski definition) is 2. The van der Waals surface area contributed by atoms with Crippen LogP contribution in [0.4, 0.5) is 5.69 Å². The molecular weight excluding hydrogens is 307 g/mol. The summed E-state index contributed by atoms with van der Waals surface area (Å²) in [7, 11) is -3.38. The normalized spacial score (nSPS) is 11.5. The van der Waals surface area contributed by atoms with E-state index in [1.54, 1.807) is 18.2 Å². The maximum atomic E-state index is 11.9. The van der Waals surface area contributed by atoms with E-state index in [9.17, 15) is 8.42 Å². The van der Waals surface area contributed by atoms with Crippen molar-refractivity contribution in [2.45, 2.75) is 19.8 Å². The molecule has 0 spiro atoms. The molecule has 0 saturated carbocycles. The lowest BCUT2D eigenvalue weighted by Gasteiger charge is -2.10. The van der Waals surface area contributed by atoms with E-state index in [2.05, 4.69) is 10.0 Å². The average Bonchev–Trinajstić information content (AvgIpc) is 2.34. The van der Waals surface area contributed by atoms with Crippen LogP contribution in [0.1, 0.15) is 19.8 Å². The fourth-order valence-electron chi connectivity index (χ4n) is 1.52. The van der Waals surface area contributed by atoms with E-state index in [1.807, 2.05) is 6.92 Å². The fourth-order valence-corrected chi connectivity index (χ4v) is 3.12. The Morgan fingerprint density at radius 1 is 1.21 bits per heavy atom. The summed E-state index contributed by atoms with van der Waals surface area (Å²) in [4.78, 5) is 0. The number of rotatable bonds is 8. The van der Waals surface area contributed by atoms with Gasteiger partial charge in [0.2, 0.25) is 10.0 Å². The van der Waals surface area contributed by atoms with Gasteiger partial charge in [-0.3, -0.25) is 4.72 Å². The molecule has 2 N–H and O–H groups in total. The largest absolute Gasteiger partial charge is 0.317 e. The van der Waals surface area contributed by atoms with Crippen LogP contribution in [0.15, 0.2) is 18.2 Å². The third-order valence-corrected chi connectivity index (χ3v) is 4.66. The summed E-state index contributed by atoms with van der Waals surface area (Å²) >= 11 is 11.8. The van der Waals surface area contributed by atoms with E-state index < -0.39 is 10.0 Å². The summed E-state index contributed by atoms with van der Waals surface area (Å²) < 4.78 is 26.2. The standard InChI is InChI=1S/C12H18Cl2N2O2S/c1-2-15-8-3-4-9-19(17,18)16-11-7-5-6-10(13)12(11)14/h5-7,15-16H,2-4,8-9H2,1H3. The Labute approximate surface area is 124 Å². The SMILES string of the molecule is CCNCCCCS(=O)(=O)Nc1cccc(Cl)c1Cl. The molecule has 0 heterocycles. The highest BCUT2D eigenvalue weighted by atomic mass is 35.5. The molecule has 0 radical (unpaired) electrons. The number of benzene rings is 1. The molecular formula is C12H18Cl2N2O2S. The number of nitrogens with one attached hydrogen (secondary N) is 2. The van der Waals surface area contributed by atoms with E-state index in [1.165, 1.54) is 0 Å². The third kappa shape index (κ3) is 5.99. The number of sulfonamides is 1. The van der Waals surface area contributed by atoms with E-state index in [0.29, 0.717) is 17.1 Å². The van der Waals surface area contributed by atoms with Crippen LogP contribution in [-0.4, -0.2) is 27.3 Å². The summed E-state index contributed by atoms with van der Waals surface area (Å²) in [5.74, 6) is 0.0707. The first-order valence-corrected chi connectivity index (χ1v) is 8.52. The van der Waals surface area contributed by atoms with Gasteiger partial charge in [-0.15, -0.1) is 0 Å². The first-order valence-electron chi connectivity index (χ1n) is 6.11. The molecule has 0 fully saturated rings. The van der Waals surface area contributed by atoms with Crippen molar-refractivity contribution >= 4 is 38.9 Å². The summed E-state index contributed by atoms with van der Waals surface area (Å²) in [6.45, 7) is 3.73. The number of anilines is 1. The molecule has 4 nitrogen and oxygen atoms in total. The van der Waals surface area contributed by atoms with Crippen molar-refractivity contribution < 1.29 is 8.42 Å². The molecule has 1 rings (SSSR count). The molecule has 0 aliphatic carbocycles. The van der Waals surface area contributed by atoms with Crippen molar-refractivity contribution in [1.82, 2.24) is 5.32 Å². The Balaban J connectivity index is 2.52. The lowest BCUT2D eigenvalue weighted by Crippen LogP contribution is -2.19.